The summed E-state index contributed by atoms with van der Waals surface area (Å²) in [5.74, 6) is 0.0639. The lowest BCUT2D eigenvalue weighted by atomic mass is 9.91. The van der Waals surface area contributed by atoms with Crippen molar-refractivity contribution < 1.29 is 4.79 Å². The van der Waals surface area contributed by atoms with E-state index in [1.54, 1.807) is 4.90 Å². The zero-order chi connectivity index (χ0) is 11.4. The van der Waals surface area contributed by atoms with Crippen LogP contribution in [-0.2, 0) is 4.79 Å². The van der Waals surface area contributed by atoms with Crippen LogP contribution in [0.1, 0.15) is 41.0 Å². The molecule has 0 aliphatic heterocycles. The molecular weight excluding hydrogens is 176 g/mol. The first-order valence-corrected chi connectivity index (χ1v) is 4.94. The van der Waals surface area contributed by atoms with Crippen molar-refractivity contribution in [2.24, 2.45) is 5.41 Å². The third-order valence-electron chi connectivity index (χ3n) is 1.87. The second-order valence-electron chi connectivity index (χ2n) is 5.01. The van der Waals surface area contributed by atoms with E-state index in [-0.39, 0.29) is 23.9 Å². The number of amides is 1. The van der Waals surface area contributed by atoms with Crippen LogP contribution < -0.4 is 0 Å². The van der Waals surface area contributed by atoms with Gasteiger partial charge < -0.3 is 4.90 Å². The number of rotatable bonds is 3. The van der Waals surface area contributed by atoms with Crippen LogP contribution in [0.2, 0.25) is 0 Å². The summed E-state index contributed by atoms with van der Waals surface area (Å²) in [6.07, 6.45) is 0.493. The van der Waals surface area contributed by atoms with Gasteiger partial charge in [0.1, 0.15) is 6.54 Å². The van der Waals surface area contributed by atoms with Gasteiger partial charge in [-0.25, -0.2) is 0 Å². The molecule has 0 saturated carbocycles. The Morgan fingerprint density at radius 2 is 1.93 bits per heavy atom. The summed E-state index contributed by atoms with van der Waals surface area (Å²) >= 11 is 0. The highest BCUT2D eigenvalue weighted by Crippen LogP contribution is 2.20. The van der Waals surface area contributed by atoms with E-state index in [0.717, 1.165) is 0 Å². The minimum absolute atomic E-state index is 0.0142. The van der Waals surface area contributed by atoms with Gasteiger partial charge in [0.15, 0.2) is 0 Å². The Morgan fingerprint density at radius 1 is 1.43 bits per heavy atom. The highest BCUT2D eigenvalue weighted by Gasteiger charge is 2.22. The average molecular weight is 196 g/mol. The Hall–Kier alpha value is -1.04. The zero-order valence-electron chi connectivity index (χ0n) is 9.79. The van der Waals surface area contributed by atoms with Crippen LogP contribution in [0.15, 0.2) is 0 Å². The lowest BCUT2D eigenvalue weighted by Gasteiger charge is -2.27. The molecule has 3 heteroatoms. The Labute approximate surface area is 86.7 Å². The molecule has 0 aromatic heterocycles. The van der Waals surface area contributed by atoms with Crippen LogP contribution in [0.4, 0.5) is 0 Å². The molecule has 0 aliphatic rings. The minimum atomic E-state index is -0.0142. The number of hydrogen-bond acceptors (Lipinski definition) is 2. The smallest absolute Gasteiger partial charge is 0.224 e. The van der Waals surface area contributed by atoms with Gasteiger partial charge in [0, 0.05) is 12.5 Å². The average Bonchev–Trinajstić information content (AvgIpc) is 1.95. The number of nitriles is 1. The molecule has 0 saturated heterocycles. The normalized spacial score (nSPS) is 11.2. The molecule has 0 atom stereocenters. The molecule has 0 N–H and O–H groups in total. The van der Waals surface area contributed by atoms with Gasteiger partial charge in [0.05, 0.1) is 6.07 Å². The summed E-state index contributed by atoms with van der Waals surface area (Å²) in [6, 6.07) is 2.12. The quantitative estimate of drug-likeness (QED) is 0.649. The topological polar surface area (TPSA) is 44.1 Å². The predicted molar refractivity (Wildman–Crippen MR) is 56.5 cm³/mol. The van der Waals surface area contributed by atoms with Crippen molar-refractivity contribution in [1.82, 2.24) is 4.90 Å². The second-order valence-corrected chi connectivity index (χ2v) is 5.01. The first kappa shape index (κ1) is 13.0. The first-order valence-electron chi connectivity index (χ1n) is 4.94. The first-order chi connectivity index (χ1) is 6.28. The lowest BCUT2D eigenvalue weighted by Crippen LogP contribution is -2.38. The SMILES string of the molecule is CC(C)N(CC#N)C(=O)CC(C)(C)C. The molecule has 0 aromatic carbocycles. The van der Waals surface area contributed by atoms with Crippen molar-refractivity contribution in [3.8, 4) is 6.07 Å². The Bertz CT molecular complexity index is 233. The van der Waals surface area contributed by atoms with Crippen LogP contribution in [-0.4, -0.2) is 23.4 Å². The molecular formula is C11H20N2O. The van der Waals surface area contributed by atoms with Crippen molar-refractivity contribution in [2.75, 3.05) is 6.54 Å². The van der Waals surface area contributed by atoms with E-state index in [4.69, 9.17) is 5.26 Å². The number of carbonyl (C=O) groups excluding carboxylic acids is 1. The number of hydrogen-bond donors (Lipinski definition) is 0. The molecule has 0 fully saturated rings. The fourth-order valence-electron chi connectivity index (χ4n) is 1.19. The standard InChI is InChI=1S/C11H20N2O/c1-9(2)13(7-6-12)10(14)8-11(3,4)5/h9H,7-8H2,1-5H3. The summed E-state index contributed by atoms with van der Waals surface area (Å²) in [7, 11) is 0. The van der Waals surface area contributed by atoms with E-state index in [1.165, 1.54) is 0 Å². The maximum Gasteiger partial charge on any atom is 0.224 e. The van der Waals surface area contributed by atoms with Crippen LogP contribution >= 0.6 is 0 Å². The van der Waals surface area contributed by atoms with E-state index >= 15 is 0 Å². The molecule has 0 aliphatic carbocycles. The Kier molecular flexibility index (Phi) is 4.62. The van der Waals surface area contributed by atoms with Gasteiger partial charge in [0.2, 0.25) is 5.91 Å². The highest BCUT2D eigenvalue weighted by molar-refractivity contribution is 5.77. The summed E-state index contributed by atoms with van der Waals surface area (Å²) in [6.45, 7) is 10.1. The monoisotopic (exact) mass is 196 g/mol. The van der Waals surface area contributed by atoms with E-state index < -0.39 is 0 Å². The molecule has 0 radical (unpaired) electrons. The van der Waals surface area contributed by atoms with E-state index in [2.05, 4.69) is 0 Å². The largest absolute Gasteiger partial charge is 0.327 e. The summed E-state index contributed by atoms with van der Waals surface area (Å²) < 4.78 is 0. The van der Waals surface area contributed by atoms with Gasteiger partial charge in [-0.05, 0) is 19.3 Å². The van der Waals surface area contributed by atoms with Gasteiger partial charge >= 0.3 is 0 Å². The van der Waals surface area contributed by atoms with Crippen LogP contribution in [0.5, 0.6) is 0 Å². The third-order valence-corrected chi connectivity index (χ3v) is 1.87. The molecule has 0 bridgehead atoms. The predicted octanol–water partition coefficient (Wildman–Crippen LogP) is 2.18. The molecule has 1 amide bonds. The highest BCUT2D eigenvalue weighted by atomic mass is 16.2. The fraction of sp³-hybridized carbons (Fsp3) is 0.818. The molecule has 0 rings (SSSR count). The van der Waals surface area contributed by atoms with E-state index in [1.807, 2.05) is 40.7 Å². The molecule has 3 nitrogen and oxygen atoms in total. The summed E-state index contributed by atoms with van der Waals surface area (Å²) in [5, 5.41) is 8.59. The fourth-order valence-corrected chi connectivity index (χ4v) is 1.19. The van der Waals surface area contributed by atoms with Gasteiger partial charge in [-0.1, -0.05) is 20.8 Å². The van der Waals surface area contributed by atoms with Crippen molar-refractivity contribution in [2.45, 2.75) is 47.1 Å². The number of carbonyl (C=O) groups is 1. The van der Waals surface area contributed by atoms with Gasteiger partial charge in [-0.2, -0.15) is 5.26 Å². The third kappa shape index (κ3) is 4.86. The van der Waals surface area contributed by atoms with Crippen molar-refractivity contribution in [3.05, 3.63) is 0 Å². The lowest BCUT2D eigenvalue weighted by molar-refractivity contribution is -0.134. The zero-order valence-corrected chi connectivity index (χ0v) is 9.79. The van der Waals surface area contributed by atoms with Crippen molar-refractivity contribution in [3.63, 3.8) is 0 Å². The Morgan fingerprint density at radius 3 is 2.21 bits per heavy atom. The summed E-state index contributed by atoms with van der Waals surface area (Å²) in [4.78, 5) is 13.4. The van der Waals surface area contributed by atoms with Crippen molar-refractivity contribution in [1.29, 1.82) is 5.26 Å². The minimum Gasteiger partial charge on any atom is -0.327 e. The Balaban J connectivity index is 4.39. The molecule has 0 spiro atoms. The van der Waals surface area contributed by atoms with Gasteiger partial charge in [0.25, 0.3) is 0 Å². The van der Waals surface area contributed by atoms with Crippen LogP contribution in [0, 0.1) is 16.7 Å². The summed E-state index contributed by atoms with van der Waals surface area (Å²) in [5.41, 5.74) is -0.0142. The molecule has 0 aromatic rings. The van der Waals surface area contributed by atoms with Crippen LogP contribution in [0.25, 0.3) is 0 Å². The molecule has 80 valence electrons. The van der Waals surface area contributed by atoms with Gasteiger partial charge in [-0.3, -0.25) is 4.79 Å². The molecule has 0 heterocycles. The molecule has 14 heavy (non-hydrogen) atoms. The molecule has 0 unspecified atom stereocenters. The maximum absolute atomic E-state index is 11.8. The van der Waals surface area contributed by atoms with Gasteiger partial charge in [-0.15, -0.1) is 0 Å². The number of nitrogens with zero attached hydrogens (tertiary/aromatic N) is 2. The van der Waals surface area contributed by atoms with E-state index in [0.29, 0.717) is 6.42 Å². The van der Waals surface area contributed by atoms with Crippen molar-refractivity contribution >= 4 is 5.91 Å². The van der Waals surface area contributed by atoms with Crippen LogP contribution in [0.3, 0.4) is 0 Å². The maximum atomic E-state index is 11.8. The van der Waals surface area contributed by atoms with E-state index in [9.17, 15) is 4.79 Å². The second kappa shape index (κ2) is 4.99.